The number of aromatic nitrogens is 1. The first kappa shape index (κ1) is 13.3. The van der Waals surface area contributed by atoms with Gasteiger partial charge in [-0.25, -0.2) is 9.78 Å². The number of carbonyl (C=O) groups excluding carboxylic acids is 1. The van der Waals surface area contributed by atoms with Gasteiger partial charge in [0.2, 0.25) is 0 Å². The summed E-state index contributed by atoms with van der Waals surface area (Å²) in [6, 6.07) is 6.82. The van der Waals surface area contributed by atoms with Crippen molar-refractivity contribution in [2.24, 2.45) is 0 Å². The van der Waals surface area contributed by atoms with Crippen LogP contribution in [0.1, 0.15) is 15.2 Å². The molecule has 18 heavy (non-hydrogen) atoms. The lowest BCUT2D eigenvalue weighted by molar-refractivity contribution is 0.0510. The highest BCUT2D eigenvalue weighted by Crippen LogP contribution is 2.16. The molecule has 0 unspecified atom stereocenters. The number of hydrogen-bond donors (Lipinski definition) is 0. The van der Waals surface area contributed by atoms with E-state index in [-0.39, 0.29) is 10.3 Å². The first-order valence-electron chi connectivity index (χ1n) is 5.18. The molecule has 3 nitrogen and oxygen atoms in total. The highest BCUT2D eigenvalue weighted by atomic mass is 35.5. The molecule has 0 radical (unpaired) electrons. The van der Waals surface area contributed by atoms with E-state index in [0.29, 0.717) is 18.6 Å². The number of thiophene rings is 1. The molecule has 2 aromatic heterocycles. The quantitative estimate of drug-likeness (QED) is 0.636. The standard InChI is InChI=1S/C12H9Cl2NO2S/c13-10-6-8(7-11(14)15-10)12(16)17-4-3-9-2-1-5-18-9/h1-2,5-7H,3-4H2. The van der Waals surface area contributed by atoms with E-state index in [2.05, 4.69) is 4.98 Å². The second kappa shape index (κ2) is 6.18. The van der Waals surface area contributed by atoms with Crippen LogP contribution in [-0.4, -0.2) is 17.6 Å². The summed E-state index contributed by atoms with van der Waals surface area (Å²) >= 11 is 13.0. The number of halogens is 2. The Morgan fingerprint density at radius 3 is 2.67 bits per heavy atom. The summed E-state index contributed by atoms with van der Waals surface area (Å²) < 4.78 is 5.13. The zero-order chi connectivity index (χ0) is 13.0. The molecule has 0 saturated heterocycles. The Labute approximate surface area is 118 Å². The average Bonchev–Trinajstić information content (AvgIpc) is 2.80. The Hall–Kier alpha value is -1.10. The number of pyridine rings is 1. The minimum atomic E-state index is -0.447. The van der Waals surface area contributed by atoms with Gasteiger partial charge in [-0.2, -0.15) is 0 Å². The van der Waals surface area contributed by atoms with Crippen molar-refractivity contribution in [3.8, 4) is 0 Å². The van der Waals surface area contributed by atoms with Crippen molar-refractivity contribution in [3.05, 3.63) is 50.4 Å². The number of rotatable bonds is 4. The molecule has 0 aliphatic heterocycles. The smallest absolute Gasteiger partial charge is 0.338 e. The van der Waals surface area contributed by atoms with E-state index in [9.17, 15) is 4.79 Å². The van der Waals surface area contributed by atoms with Crippen molar-refractivity contribution in [1.29, 1.82) is 0 Å². The van der Waals surface area contributed by atoms with Crippen LogP contribution in [0.25, 0.3) is 0 Å². The van der Waals surface area contributed by atoms with Gasteiger partial charge >= 0.3 is 5.97 Å². The molecule has 0 atom stereocenters. The summed E-state index contributed by atoms with van der Waals surface area (Å²) in [6.07, 6.45) is 0.704. The lowest BCUT2D eigenvalue weighted by Crippen LogP contribution is -2.08. The van der Waals surface area contributed by atoms with E-state index in [1.54, 1.807) is 11.3 Å². The predicted molar refractivity (Wildman–Crippen MR) is 72.6 cm³/mol. The molecule has 0 amide bonds. The SMILES string of the molecule is O=C(OCCc1cccs1)c1cc(Cl)nc(Cl)c1. The Kier molecular flexibility index (Phi) is 4.58. The zero-order valence-electron chi connectivity index (χ0n) is 9.23. The van der Waals surface area contributed by atoms with Crippen LogP contribution in [0.5, 0.6) is 0 Å². The molecule has 2 heterocycles. The van der Waals surface area contributed by atoms with Crippen LogP contribution in [0.4, 0.5) is 0 Å². The minimum Gasteiger partial charge on any atom is -0.462 e. The summed E-state index contributed by atoms with van der Waals surface area (Å²) in [4.78, 5) is 16.7. The minimum absolute atomic E-state index is 0.174. The maximum Gasteiger partial charge on any atom is 0.338 e. The maximum absolute atomic E-state index is 11.7. The first-order valence-corrected chi connectivity index (χ1v) is 6.81. The van der Waals surface area contributed by atoms with E-state index < -0.39 is 5.97 Å². The van der Waals surface area contributed by atoms with Gasteiger partial charge in [-0.05, 0) is 23.6 Å². The van der Waals surface area contributed by atoms with Crippen LogP contribution in [0, 0.1) is 0 Å². The van der Waals surface area contributed by atoms with E-state index in [1.165, 1.54) is 17.0 Å². The fraction of sp³-hybridized carbons (Fsp3) is 0.167. The molecule has 0 aliphatic rings. The molecule has 0 bridgehead atoms. The molecule has 2 rings (SSSR count). The number of nitrogens with zero attached hydrogens (tertiary/aromatic N) is 1. The average molecular weight is 302 g/mol. The number of ether oxygens (including phenoxy) is 1. The van der Waals surface area contributed by atoms with E-state index in [0.717, 1.165) is 0 Å². The van der Waals surface area contributed by atoms with Crippen molar-refractivity contribution < 1.29 is 9.53 Å². The lowest BCUT2D eigenvalue weighted by atomic mass is 10.3. The van der Waals surface area contributed by atoms with Crippen LogP contribution >= 0.6 is 34.5 Å². The Balaban J connectivity index is 1.91. The van der Waals surface area contributed by atoms with Gasteiger partial charge < -0.3 is 4.74 Å². The highest BCUT2D eigenvalue weighted by Gasteiger charge is 2.10. The van der Waals surface area contributed by atoms with Gasteiger partial charge in [0.15, 0.2) is 0 Å². The van der Waals surface area contributed by atoms with Gasteiger partial charge in [-0.3, -0.25) is 0 Å². The van der Waals surface area contributed by atoms with Crippen LogP contribution < -0.4 is 0 Å². The number of carbonyl (C=O) groups is 1. The first-order chi connectivity index (χ1) is 8.65. The maximum atomic E-state index is 11.7. The summed E-state index contributed by atoms with van der Waals surface area (Å²) in [5.74, 6) is -0.447. The zero-order valence-corrected chi connectivity index (χ0v) is 11.6. The van der Waals surface area contributed by atoms with Gasteiger partial charge in [-0.1, -0.05) is 29.3 Å². The lowest BCUT2D eigenvalue weighted by Gasteiger charge is -2.04. The van der Waals surface area contributed by atoms with Crippen molar-refractivity contribution >= 4 is 40.5 Å². The second-order valence-corrected chi connectivity index (χ2v) is 5.27. The predicted octanol–water partition coefficient (Wildman–Crippen LogP) is 3.85. The van der Waals surface area contributed by atoms with Crippen molar-refractivity contribution in [2.45, 2.75) is 6.42 Å². The van der Waals surface area contributed by atoms with Crippen LogP contribution in [-0.2, 0) is 11.2 Å². The Bertz CT molecular complexity index is 523. The van der Waals surface area contributed by atoms with Gasteiger partial charge in [0.25, 0.3) is 0 Å². The molecule has 0 aromatic carbocycles. The van der Waals surface area contributed by atoms with Crippen molar-refractivity contribution in [2.75, 3.05) is 6.61 Å². The largest absolute Gasteiger partial charge is 0.462 e. The molecule has 0 aliphatic carbocycles. The van der Waals surface area contributed by atoms with Crippen molar-refractivity contribution in [1.82, 2.24) is 4.98 Å². The number of esters is 1. The molecule has 94 valence electrons. The number of hydrogen-bond acceptors (Lipinski definition) is 4. The van der Waals surface area contributed by atoms with E-state index in [4.69, 9.17) is 27.9 Å². The van der Waals surface area contributed by atoms with Gasteiger partial charge in [0, 0.05) is 11.3 Å². The van der Waals surface area contributed by atoms with Crippen LogP contribution in [0.3, 0.4) is 0 Å². The third-order valence-electron chi connectivity index (χ3n) is 2.16. The normalized spacial score (nSPS) is 10.3. The van der Waals surface area contributed by atoms with Crippen LogP contribution in [0.2, 0.25) is 10.3 Å². The Morgan fingerprint density at radius 1 is 1.33 bits per heavy atom. The third kappa shape index (κ3) is 3.70. The van der Waals surface area contributed by atoms with E-state index in [1.807, 2.05) is 17.5 Å². The monoisotopic (exact) mass is 301 g/mol. The topological polar surface area (TPSA) is 39.2 Å². The molecule has 6 heteroatoms. The van der Waals surface area contributed by atoms with Crippen molar-refractivity contribution in [3.63, 3.8) is 0 Å². The van der Waals surface area contributed by atoms with Gasteiger partial charge in [0.05, 0.1) is 12.2 Å². The molecular formula is C12H9Cl2NO2S. The summed E-state index contributed by atoms with van der Waals surface area (Å²) in [6.45, 7) is 0.330. The van der Waals surface area contributed by atoms with Gasteiger partial charge in [0.1, 0.15) is 10.3 Å². The fourth-order valence-electron chi connectivity index (χ4n) is 1.37. The van der Waals surface area contributed by atoms with Gasteiger partial charge in [-0.15, -0.1) is 11.3 Å². The Morgan fingerprint density at radius 2 is 2.06 bits per heavy atom. The summed E-state index contributed by atoms with van der Waals surface area (Å²) in [5.41, 5.74) is 0.311. The summed E-state index contributed by atoms with van der Waals surface area (Å²) in [7, 11) is 0. The second-order valence-electron chi connectivity index (χ2n) is 3.47. The molecule has 0 N–H and O–H groups in total. The molecule has 0 spiro atoms. The molecule has 0 fully saturated rings. The summed E-state index contributed by atoms with van der Waals surface area (Å²) in [5, 5.41) is 2.33. The highest BCUT2D eigenvalue weighted by molar-refractivity contribution is 7.09. The molecule has 2 aromatic rings. The molecule has 0 saturated carbocycles. The fourth-order valence-corrected chi connectivity index (χ4v) is 2.52. The van der Waals surface area contributed by atoms with Crippen LogP contribution in [0.15, 0.2) is 29.6 Å². The molecular weight excluding hydrogens is 293 g/mol. The van der Waals surface area contributed by atoms with E-state index >= 15 is 0 Å². The third-order valence-corrected chi connectivity index (χ3v) is 3.48.